The van der Waals surface area contributed by atoms with Crippen molar-refractivity contribution in [3.8, 4) is 0 Å². The molecule has 1 aromatic heterocycles. The fourth-order valence-electron chi connectivity index (χ4n) is 4.84. The Morgan fingerprint density at radius 2 is 1.91 bits per heavy atom. The van der Waals surface area contributed by atoms with Crippen LogP contribution in [0.15, 0.2) is 48.7 Å². The molecule has 2 fully saturated rings. The first-order chi connectivity index (χ1) is 15.8. The van der Waals surface area contributed by atoms with Gasteiger partial charge in [0.2, 0.25) is 11.8 Å². The summed E-state index contributed by atoms with van der Waals surface area (Å²) in [6, 6.07) is 11.3. The Balaban J connectivity index is 1.33. The van der Waals surface area contributed by atoms with E-state index in [4.69, 9.17) is 17.3 Å². The molecule has 3 amide bonds. The minimum absolute atomic E-state index is 0.00468. The number of nitrogens with two attached hydrogens (primary N) is 1. The number of primary amides is 1. The van der Waals surface area contributed by atoms with Crippen molar-refractivity contribution >= 4 is 40.2 Å². The summed E-state index contributed by atoms with van der Waals surface area (Å²) >= 11 is 5.81. The molecule has 3 N–H and O–H groups in total. The van der Waals surface area contributed by atoms with Gasteiger partial charge in [-0.05, 0) is 30.9 Å². The lowest BCUT2D eigenvalue weighted by atomic mass is 10.1. The lowest BCUT2D eigenvalue weighted by molar-refractivity contribution is -0.140. The molecule has 0 bridgehead atoms. The zero-order chi connectivity index (χ0) is 23.3. The highest BCUT2D eigenvalue weighted by Crippen LogP contribution is 2.48. The van der Waals surface area contributed by atoms with Crippen LogP contribution in [-0.4, -0.2) is 39.3 Å². The number of rotatable bonds is 6. The van der Waals surface area contributed by atoms with E-state index in [2.05, 4.69) is 5.32 Å². The zero-order valence-electron chi connectivity index (χ0n) is 17.6. The molecule has 7 nitrogen and oxygen atoms in total. The van der Waals surface area contributed by atoms with Gasteiger partial charge in [0.1, 0.15) is 18.4 Å². The lowest BCUT2D eigenvalue weighted by Gasteiger charge is -2.27. The van der Waals surface area contributed by atoms with Gasteiger partial charge in [0.15, 0.2) is 0 Å². The number of amides is 3. The number of likely N-dealkylation sites (tertiary alicyclic amines) is 1. The smallest absolute Gasteiger partial charge is 0.250 e. The molecule has 0 unspecified atom stereocenters. The SMILES string of the molecule is NC(=O)c1cn(CC(=O)N2[C@@H]3C[C@@H]3C[C@H]2C(=O)NCc2cccc(Cl)c2F)c2ccccc12. The van der Waals surface area contributed by atoms with Crippen molar-refractivity contribution in [2.24, 2.45) is 11.7 Å². The Hall–Kier alpha value is -3.39. The molecule has 0 radical (unpaired) electrons. The second-order valence-corrected chi connectivity index (χ2v) is 9.01. The van der Waals surface area contributed by atoms with Crippen LogP contribution >= 0.6 is 11.6 Å². The summed E-state index contributed by atoms with van der Waals surface area (Å²) in [7, 11) is 0. The van der Waals surface area contributed by atoms with Gasteiger partial charge in [-0.2, -0.15) is 0 Å². The number of aromatic nitrogens is 1. The molecule has 3 aromatic rings. The molecule has 3 atom stereocenters. The number of para-hydroxylation sites is 1. The van der Waals surface area contributed by atoms with E-state index in [1.165, 1.54) is 6.07 Å². The Bertz CT molecular complexity index is 1290. The number of nitrogens with zero attached hydrogens (tertiary/aromatic N) is 2. The number of benzene rings is 2. The van der Waals surface area contributed by atoms with Gasteiger partial charge >= 0.3 is 0 Å². The Morgan fingerprint density at radius 1 is 1.12 bits per heavy atom. The van der Waals surface area contributed by atoms with Crippen LogP contribution in [0, 0.1) is 11.7 Å². The number of carbonyl (C=O) groups excluding carboxylic acids is 3. The number of carbonyl (C=O) groups is 3. The van der Waals surface area contributed by atoms with Crippen LogP contribution < -0.4 is 11.1 Å². The molecule has 1 saturated heterocycles. The van der Waals surface area contributed by atoms with Gasteiger partial charge in [0.05, 0.1) is 10.6 Å². The average Bonchev–Trinajstić information content (AvgIpc) is 3.30. The first-order valence-corrected chi connectivity index (χ1v) is 11.1. The predicted molar refractivity (Wildman–Crippen MR) is 121 cm³/mol. The van der Waals surface area contributed by atoms with Crippen molar-refractivity contribution in [2.45, 2.75) is 38.0 Å². The van der Waals surface area contributed by atoms with Gasteiger partial charge in [0, 0.05) is 35.2 Å². The number of hydrogen-bond acceptors (Lipinski definition) is 3. The fourth-order valence-corrected chi connectivity index (χ4v) is 5.03. The third-order valence-corrected chi connectivity index (χ3v) is 6.83. The maximum absolute atomic E-state index is 14.1. The maximum atomic E-state index is 14.1. The molecule has 2 heterocycles. The summed E-state index contributed by atoms with van der Waals surface area (Å²) in [5.41, 5.74) is 6.86. The molecule has 1 aliphatic heterocycles. The highest BCUT2D eigenvalue weighted by atomic mass is 35.5. The summed E-state index contributed by atoms with van der Waals surface area (Å²) in [6.45, 7) is -0.0208. The average molecular weight is 469 g/mol. The van der Waals surface area contributed by atoms with E-state index in [1.54, 1.807) is 39.9 Å². The minimum Gasteiger partial charge on any atom is -0.366 e. The van der Waals surface area contributed by atoms with E-state index in [1.807, 2.05) is 12.1 Å². The van der Waals surface area contributed by atoms with Gasteiger partial charge in [0.25, 0.3) is 5.91 Å². The summed E-state index contributed by atoms with van der Waals surface area (Å²) in [5, 5.41) is 3.43. The number of fused-ring (bicyclic) bond motifs is 2. The first kappa shape index (κ1) is 21.5. The summed E-state index contributed by atoms with van der Waals surface area (Å²) in [5.74, 6) is -1.34. The fraction of sp³-hybridized carbons (Fsp3) is 0.292. The van der Waals surface area contributed by atoms with E-state index in [0.29, 0.717) is 23.3 Å². The second-order valence-electron chi connectivity index (χ2n) is 8.60. The van der Waals surface area contributed by atoms with Crippen LogP contribution in [-0.2, 0) is 22.7 Å². The highest BCUT2D eigenvalue weighted by molar-refractivity contribution is 6.30. The highest BCUT2D eigenvalue weighted by Gasteiger charge is 2.55. The van der Waals surface area contributed by atoms with Crippen LogP contribution in [0.4, 0.5) is 4.39 Å². The van der Waals surface area contributed by atoms with Crippen molar-refractivity contribution in [1.82, 2.24) is 14.8 Å². The molecule has 5 rings (SSSR count). The molecule has 1 aliphatic carbocycles. The molecule has 33 heavy (non-hydrogen) atoms. The van der Waals surface area contributed by atoms with Crippen LogP contribution in [0.1, 0.15) is 28.8 Å². The summed E-state index contributed by atoms with van der Waals surface area (Å²) in [4.78, 5) is 39.7. The lowest BCUT2D eigenvalue weighted by Crippen LogP contribution is -2.48. The van der Waals surface area contributed by atoms with Gasteiger partial charge in [-0.1, -0.05) is 41.9 Å². The van der Waals surface area contributed by atoms with E-state index in [-0.39, 0.29) is 41.5 Å². The molecule has 2 aliphatic rings. The van der Waals surface area contributed by atoms with Crippen molar-refractivity contribution in [1.29, 1.82) is 0 Å². The monoisotopic (exact) mass is 468 g/mol. The maximum Gasteiger partial charge on any atom is 0.250 e. The normalized spacial score (nSPS) is 21.2. The number of nitrogens with one attached hydrogen (secondary N) is 1. The van der Waals surface area contributed by atoms with Crippen molar-refractivity contribution in [3.05, 3.63) is 70.6 Å². The van der Waals surface area contributed by atoms with E-state index in [9.17, 15) is 18.8 Å². The molecule has 1 saturated carbocycles. The largest absolute Gasteiger partial charge is 0.366 e. The van der Waals surface area contributed by atoms with E-state index in [0.717, 1.165) is 11.9 Å². The van der Waals surface area contributed by atoms with Gasteiger partial charge in [-0.3, -0.25) is 14.4 Å². The Labute approximate surface area is 194 Å². The quantitative estimate of drug-likeness (QED) is 0.582. The zero-order valence-corrected chi connectivity index (χ0v) is 18.4. The van der Waals surface area contributed by atoms with Crippen LogP contribution in [0.2, 0.25) is 5.02 Å². The van der Waals surface area contributed by atoms with Gasteiger partial charge < -0.3 is 20.5 Å². The standard InChI is InChI=1S/C24H22ClFN4O3/c25-17-6-3-4-13(22(17)26)10-28-24(33)20-9-14-8-19(14)30(20)21(31)12-29-11-16(23(27)32)15-5-1-2-7-18(15)29/h1-7,11,14,19-20H,8-10,12H2,(H2,27,32)(H,28,33)/t14-,19-,20+/m1/s1. The number of hydrogen-bond donors (Lipinski definition) is 2. The Kier molecular flexibility index (Phi) is 5.32. The molecular weight excluding hydrogens is 447 g/mol. The van der Waals surface area contributed by atoms with Crippen molar-refractivity contribution < 1.29 is 18.8 Å². The topological polar surface area (TPSA) is 97.4 Å². The van der Waals surface area contributed by atoms with Crippen LogP contribution in [0.5, 0.6) is 0 Å². The molecule has 9 heteroatoms. The molecule has 170 valence electrons. The van der Waals surface area contributed by atoms with E-state index >= 15 is 0 Å². The second kappa shape index (κ2) is 8.19. The van der Waals surface area contributed by atoms with E-state index < -0.39 is 17.8 Å². The number of piperidine rings is 1. The third kappa shape index (κ3) is 3.84. The molecule has 0 spiro atoms. The summed E-state index contributed by atoms with van der Waals surface area (Å²) < 4.78 is 15.8. The molecular formula is C24H22ClFN4O3. The third-order valence-electron chi connectivity index (χ3n) is 6.54. The van der Waals surface area contributed by atoms with Crippen LogP contribution in [0.3, 0.4) is 0 Å². The van der Waals surface area contributed by atoms with Crippen LogP contribution in [0.25, 0.3) is 10.9 Å². The molecule has 2 aromatic carbocycles. The van der Waals surface area contributed by atoms with Gasteiger partial charge in [-0.15, -0.1) is 0 Å². The van der Waals surface area contributed by atoms with Crippen molar-refractivity contribution in [2.75, 3.05) is 0 Å². The first-order valence-electron chi connectivity index (χ1n) is 10.7. The van der Waals surface area contributed by atoms with Crippen molar-refractivity contribution in [3.63, 3.8) is 0 Å². The Morgan fingerprint density at radius 3 is 2.70 bits per heavy atom. The number of halogens is 2. The van der Waals surface area contributed by atoms with Gasteiger partial charge in [-0.25, -0.2) is 4.39 Å². The predicted octanol–water partition coefficient (Wildman–Crippen LogP) is 2.84. The minimum atomic E-state index is -0.610. The summed E-state index contributed by atoms with van der Waals surface area (Å²) in [6.07, 6.45) is 3.04.